The van der Waals surface area contributed by atoms with Crippen molar-refractivity contribution in [2.75, 3.05) is 11.1 Å². The fourth-order valence-corrected chi connectivity index (χ4v) is 3.41. The third-order valence-corrected chi connectivity index (χ3v) is 4.85. The van der Waals surface area contributed by atoms with Crippen molar-refractivity contribution >= 4 is 29.3 Å². The highest BCUT2D eigenvalue weighted by molar-refractivity contribution is 7.98. The summed E-state index contributed by atoms with van der Waals surface area (Å²) in [5.74, 6) is 2.54. The molecular weight excluding hydrogens is 360 g/mol. The van der Waals surface area contributed by atoms with Crippen LogP contribution in [0.5, 0.6) is 0 Å². The first kappa shape index (κ1) is 18.8. The maximum Gasteiger partial charge on any atom is 0.232 e. The second kappa shape index (κ2) is 8.63. The molecule has 2 heterocycles. The molecule has 2 aromatic heterocycles. The summed E-state index contributed by atoms with van der Waals surface area (Å²) in [6.45, 7) is 8.44. The third kappa shape index (κ3) is 4.62. The van der Waals surface area contributed by atoms with Crippen molar-refractivity contribution in [2.24, 2.45) is 0 Å². The highest BCUT2D eigenvalue weighted by Gasteiger charge is 2.11. The number of nitrogen functional groups attached to an aromatic ring is 1. The number of hydrogen-bond donors (Lipinski definition) is 2. The van der Waals surface area contributed by atoms with Gasteiger partial charge in [-0.1, -0.05) is 43.0 Å². The standard InChI is InChI=1S/C18H22N8S/c1-4-10-26-12(3)24-25-18(26)27-11-15-21-16(19)23-17(22-15)20-14-9-7-6-8-13(14)5-2/h4,6-9H,1,5,10-11H2,2-3H3,(H3,19,20,21,22,23). The second-order valence-corrected chi connectivity index (χ2v) is 6.73. The minimum Gasteiger partial charge on any atom is -0.368 e. The van der Waals surface area contributed by atoms with Gasteiger partial charge in [0.25, 0.3) is 0 Å². The lowest BCUT2D eigenvalue weighted by Crippen LogP contribution is -2.08. The zero-order valence-electron chi connectivity index (χ0n) is 15.4. The van der Waals surface area contributed by atoms with Gasteiger partial charge in [-0.25, -0.2) is 0 Å². The van der Waals surface area contributed by atoms with Gasteiger partial charge >= 0.3 is 0 Å². The van der Waals surface area contributed by atoms with Crippen LogP contribution < -0.4 is 11.1 Å². The van der Waals surface area contributed by atoms with Crippen molar-refractivity contribution in [3.8, 4) is 0 Å². The number of nitrogens with one attached hydrogen (secondary N) is 1. The summed E-state index contributed by atoms with van der Waals surface area (Å²) in [6.07, 6.45) is 2.72. The summed E-state index contributed by atoms with van der Waals surface area (Å²) < 4.78 is 1.98. The molecule has 8 nitrogen and oxygen atoms in total. The highest BCUT2D eigenvalue weighted by atomic mass is 32.2. The average Bonchev–Trinajstić information content (AvgIpc) is 3.00. The zero-order valence-corrected chi connectivity index (χ0v) is 16.2. The summed E-state index contributed by atoms with van der Waals surface area (Å²) in [5, 5.41) is 12.3. The fourth-order valence-electron chi connectivity index (χ4n) is 2.57. The maximum absolute atomic E-state index is 5.88. The van der Waals surface area contributed by atoms with Gasteiger partial charge in [0, 0.05) is 12.2 Å². The summed E-state index contributed by atoms with van der Waals surface area (Å²) in [7, 11) is 0. The van der Waals surface area contributed by atoms with E-state index in [2.05, 4.69) is 50.0 Å². The van der Waals surface area contributed by atoms with E-state index in [9.17, 15) is 0 Å². The molecule has 0 aliphatic rings. The number of para-hydroxylation sites is 1. The Labute approximate surface area is 162 Å². The van der Waals surface area contributed by atoms with Crippen molar-refractivity contribution in [2.45, 2.75) is 37.7 Å². The lowest BCUT2D eigenvalue weighted by atomic mass is 10.1. The van der Waals surface area contributed by atoms with Gasteiger partial charge in [0.1, 0.15) is 11.6 Å². The van der Waals surface area contributed by atoms with Crippen molar-refractivity contribution in [3.63, 3.8) is 0 Å². The number of benzene rings is 1. The van der Waals surface area contributed by atoms with Crippen molar-refractivity contribution in [1.29, 1.82) is 0 Å². The summed E-state index contributed by atoms with van der Waals surface area (Å²) in [5.41, 5.74) is 8.02. The Hall–Kier alpha value is -2.94. The van der Waals surface area contributed by atoms with Crippen molar-refractivity contribution < 1.29 is 0 Å². The van der Waals surface area contributed by atoms with E-state index in [1.165, 1.54) is 17.3 Å². The smallest absolute Gasteiger partial charge is 0.232 e. The van der Waals surface area contributed by atoms with Gasteiger partial charge in [0.2, 0.25) is 11.9 Å². The summed E-state index contributed by atoms with van der Waals surface area (Å²) in [6, 6.07) is 8.04. The van der Waals surface area contributed by atoms with E-state index in [1.54, 1.807) is 0 Å². The zero-order chi connectivity index (χ0) is 19.2. The van der Waals surface area contributed by atoms with E-state index in [4.69, 9.17) is 5.73 Å². The molecular formula is C18H22N8S. The SMILES string of the molecule is C=CCn1c(C)nnc1SCc1nc(N)nc(Nc2ccccc2CC)n1. The number of anilines is 3. The molecule has 0 radical (unpaired) electrons. The van der Waals surface area contributed by atoms with Gasteiger partial charge < -0.3 is 15.6 Å². The molecule has 0 unspecified atom stereocenters. The van der Waals surface area contributed by atoms with Crippen LogP contribution in [0.3, 0.4) is 0 Å². The Kier molecular flexibility index (Phi) is 6.02. The maximum atomic E-state index is 5.88. The van der Waals surface area contributed by atoms with Crippen molar-refractivity contribution in [3.05, 3.63) is 54.1 Å². The monoisotopic (exact) mass is 382 g/mol. The number of rotatable bonds is 8. The quantitative estimate of drug-likeness (QED) is 0.452. The first-order valence-electron chi connectivity index (χ1n) is 8.59. The molecule has 0 saturated carbocycles. The van der Waals surface area contributed by atoms with E-state index in [-0.39, 0.29) is 5.95 Å². The Morgan fingerprint density at radius 1 is 1.22 bits per heavy atom. The molecule has 0 saturated heterocycles. The van der Waals surface area contributed by atoms with Gasteiger partial charge in [0.05, 0.1) is 5.75 Å². The van der Waals surface area contributed by atoms with Crippen LogP contribution in [-0.2, 0) is 18.7 Å². The van der Waals surface area contributed by atoms with Gasteiger partial charge in [-0.05, 0) is 25.0 Å². The highest BCUT2D eigenvalue weighted by Crippen LogP contribution is 2.23. The largest absolute Gasteiger partial charge is 0.368 e. The molecule has 0 atom stereocenters. The van der Waals surface area contributed by atoms with E-state index in [1.807, 2.05) is 35.8 Å². The molecule has 1 aromatic carbocycles. The van der Waals surface area contributed by atoms with Crippen LogP contribution in [0.15, 0.2) is 42.1 Å². The van der Waals surface area contributed by atoms with E-state index in [0.717, 1.165) is 23.1 Å². The second-order valence-electron chi connectivity index (χ2n) is 5.79. The Morgan fingerprint density at radius 3 is 2.81 bits per heavy atom. The predicted octanol–water partition coefficient (Wildman–Crippen LogP) is 3.14. The average molecular weight is 382 g/mol. The third-order valence-electron chi connectivity index (χ3n) is 3.89. The minimum absolute atomic E-state index is 0.181. The number of nitrogens with zero attached hydrogens (tertiary/aromatic N) is 6. The van der Waals surface area contributed by atoms with Crippen LogP contribution in [0.2, 0.25) is 0 Å². The molecule has 0 amide bonds. The molecule has 3 rings (SSSR count). The van der Waals surface area contributed by atoms with E-state index in [0.29, 0.717) is 24.1 Å². The number of thioether (sulfide) groups is 1. The topological polar surface area (TPSA) is 107 Å². The van der Waals surface area contributed by atoms with Gasteiger partial charge in [-0.3, -0.25) is 0 Å². The number of hydrogen-bond acceptors (Lipinski definition) is 8. The number of aryl methyl sites for hydroxylation is 2. The number of allylic oxidation sites excluding steroid dienone is 1. The van der Waals surface area contributed by atoms with Crippen LogP contribution in [0.25, 0.3) is 0 Å². The molecule has 27 heavy (non-hydrogen) atoms. The molecule has 0 bridgehead atoms. The number of aromatic nitrogens is 6. The van der Waals surface area contributed by atoms with Gasteiger partial charge in [-0.15, -0.1) is 16.8 Å². The van der Waals surface area contributed by atoms with Gasteiger partial charge in [-0.2, -0.15) is 15.0 Å². The summed E-state index contributed by atoms with van der Waals surface area (Å²) >= 11 is 1.50. The molecule has 9 heteroatoms. The molecule has 0 spiro atoms. The summed E-state index contributed by atoms with van der Waals surface area (Å²) in [4.78, 5) is 12.9. The van der Waals surface area contributed by atoms with Crippen molar-refractivity contribution in [1.82, 2.24) is 29.7 Å². The predicted molar refractivity (Wildman–Crippen MR) is 108 cm³/mol. The Bertz CT molecular complexity index is 937. The molecule has 3 aromatic rings. The van der Waals surface area contributed by atoms with E-state index >= 15 is 0 Å². The Balaban J connectivity index is 1.77. The first-order valence-corrected chi connectivity index (χ1v) is 9.58. The van der Waals surface area contributed by atoms with Crippen LogP contribution in [-0.4, -0.2) is 29.7 Å². The fraction of sp³-hybridized carbons (Fsp3) is 0.278. The van der Waals surface area contributed by atoms with Crippen LogP contribution in [0.4, 0.5) is 17.6 Å². The lowest BCUT2D eigenvalue weighted by molar-refractivity contribution is 0.703. The minimum atomic E-state index is 0.181. The molecule has 0 aliphatic carbocycles. The molecule has 0 aliphatic heterocycles. The molecule has 0 fully saturated rings. The Morgan fingerprint density at radius 2 is 2.04 bits per heavy atom. The van der Waals surface area contributed by atoms with Crippen LogP contribution >= 0.6 is 11.8 Å². The van der Waals surface area contributed by atoms with Gasteiger partial charge in [0.15, 0.2) is 5.16 Å². The molecule has 3 N–H and O–H groups in total. The van der Waals surface area contributed by atoms with E-state index < -0.39 is 0 Å². The first-order chi connectivity index (χ1) is 13.1. The lowest BCUT2D eigenvalue weighted by Gasteiger charge is -2.10. The van der Waals surface area contributed by atoms with Crippen LogP contribution in [0.1, 0.15) is 24.1 Å². The molecule has 140 valence electrons. The normalized spacial score (nSPS) is 10.7. The van der Waals surface area contributed by atoms with Crippen LogP contribution in [0, 0.1) is 6.92 Å². The number of nitrogens with two attached hydrogens (primary N) is 1.